The summed E-state index contributed by atoms with van der Waals surface area (Å²) in [6, 6.07) is 13.7. The van der Waals surface area contributed by atoms with Crippen molar-refractivity contribution < 1.29 is 14.3 Å². The van der Waals surface area contributed by atoms with Gasteiger partial charge in [-0.2, -0.15) is 9.98 Å². The Bertz CT molecular complexity index is 680. The lowest BCUT2D eigenvalue weighted by Gasteiger charge is -2.09. The van der Waals surface area contributed by atoms with Gasteiger partial charge in [-0.3, -0.25) is 0 Å². The molecule has 0 aromatic heterocycles. The molecule has 23 heavy (non-hydrogen) atoms. The minimum Gasteiger partial charge on any atom is -0.457 e. The summed E-state index contributed by atoms with van der Waals surface area (Å²) in [5, 5.41) is 0. The van der Waals surface area contributed by atoms with Gasteiger partial charge in [0.1, 0.15) is 23.8 Å². The van der Waals surface area contributed by atoms with Gasteiger partial charge < -0.3 is 16.2 Å². The minimum atomic E-state index is -0.735. The maximum Gasteiger partial charge on any atom is 0.236 e. The fourth-order valence-electron chi connectivity index (χ4n) is 1.86. The summed E-state index contributed by atoms with van der Waals surface area (Å²) in [4.78, 5) is 27.2. The monoisotopic (exact) mass is 310 g/mol. The maximum absolute atomic E-state index is 10.2. The van der Waals surface area contributed by atoms with E-state index in [9.17, 15) is 9.59 Å². The molecule has 0 saturated heterocycles. The quantitative estimate of drug-likeness (QED) is 0.625. The summed E-state index contributed by atoms with van der Waals surface area (Å²) < 4.78 is 5.67. The largest absolute Gasteiger partial charge is 0.457 e. The molecular formula is C16H14N4O3. The van der Waals surface area contributed by atoms with Crippen LogP contribution in [0.2, 0.25) is 0 Å². The lowest BCUT2D eigenvalue weighted by Crippen LogP contribution is -2.06. The molecule has 4 N–H and O–H groups in total. The first-order chi connectivity index (χ1) is 11.1. The van der Waals surface area contributed by atoms with E-state index in [0.29, 0.717) is 22.6 Å². The third-order valence-electron chi connectivity index (χ3n) is 3.06. The van der Waals surface area contributed by atoms with E-state index in [0.717, 1.165) is 0 Å². The van der Waals surface area contributed by atoms with E-state index in [1.807, 2.05) is 0 Å². The summed E-state index contributed by atoms with van der Waals surface area (Å²) in [5.41, 5.74) is 12.7. The van der Waals surface area contributed by atoms with E-state index in [4.69, 9.17) is 16.2 Å². The Kier molecular flexibility index (Phi) is 5.52. The van der Waals surface area contributed by atoms with Crippen molar-refractivity contribution >= 4 is 12.2 Å². The standard InChI is InChI=1S/C16H14N4O3/c17-15(19-9-21)11-1-5-13(6-2-11)23-14-7-3-12(4-8-14)16(18)20-10-22/h1-8,15-16H,17-18H2. The predicted molar refractivity (Wildman–Crippen MR) is 83.1 cm³/mol. The highest BCUT2D eigenvalue weighted by molar-refractivity contribution is 5.39. The molecule has 2 aromatic rings. The molecule has 0 bridgehead atoms. The highest BCUT2D eigenvalue weighted by Gasteiger charge is 2.06. The zero-order valence-corrected chi connectivity index (χ0v) is 12.0. The SMILES string of the molecule is NC(N=C=O)c1ccc(Oc2ccc(C(N)N=C=O)cc2)cc1. The number of ether oxygens (including phenoxy) is 1. The average molecular weight is 310 g/mol. The van der Waals surface area contributed by atoms with Crippen LogP contribution in [0.4, 0.5) is 0 Å². The van der Waals surface area contributed by atoms with Crippen LogP contribution in [0.15, 0.2) is 58.5 Å². The fraction of sp³-hybridized carbons (Fsp3) is 0.125. The average Bonchev–Trinajstić information content (AvgIpc) is 2.56. The van der Waals surface area contributed by atoms with Crippen LogP contribution >= 0.6 is 0 Å². The Balaban J connectivity index is 2.07. The van der Waals surface area contributed by atoms with E-state index in [1.165, 1.54) is 12.2 Å². The molecule has 2 rings (SSSR count). The first-order valence-corrected chi connectivity index (χ1v) is 6.67. The van der Waals surface area contributed by atoms with Crippen LogP contribution in [0.3, 0.4) is 0 Å². The number of carbonyl (C=O) groups excluding carboxylic acids is 2. The molecule has 7 nitrogen and oxygen atoms in total. The van der Waals surface area contributed by atoms with Gasteiger partial charge in [0.25, 0.3) is 0 Å². The zero-order chi connectivity index (χ0) is 16.7. The van der Waals surface area contributed by atoms with Gasteiger partial charge in [-0.1, -0.05) is 24.3 Å². The highest BCUT2D eigenvalue weighted by Crippen LogP contribution is 2.24. The molecule has 0 spiro atoms. The van der Waals surface area contributed by atoms with Crippen molar-refractivity contribution in [1.29, 1.82) is 0 Å². The van der Waals surface area contributed by atoms with Crippen LogP contribution in [0.5, 0.6) is 11.5 Å². The lowest BCUT2D eigenvalue weighted by molar-refractivity contribution is 0.482. The molecule has 0 saturated carbocycles. The second-order valence-electron chi connectivity index (χ2n) is 4.57. The zero-order valence-electron chi connectivity index (χ0n) is 12.0. The second kappa shape index (κ2) is 7.79. The van der Waals surface area contributed by atoms with E-state index in [-0.39, 0.29) is 0 Å². The van der Waals surface area contributed by atoms with E-state index >= 15 is 0 Å². The van der Waals surface area contributed by atoms with Crippen LogP contribution in [-0.2, 0) is 9.59 Å². The Morgan fingerprint density at radius 2 is 1.09 bits per heavy atom. The minimum absolute atomic E-state index is 0.596. The van der Waals surface area contributed by atoms with Crippen molar-refractivity contribution in [3.63, 3.8) is 0 Å². The Hall–Kier alpha value is -3.08. The molecule has 2 aromatic carbocycles. The second-order valence-corrected chi connectivity index (χ2v) is 4.57. The van der Waals surface area contributed by atoms with Crippen molar-refractivity contribution in [3.05, 3.63) is 59.7 Å². The van der Waals surface area contributed by atoms with Crippen LogP contribution in [-0.4, -0.2) is 12.2 Å². The van der Waals surface area contributed by atoms with Crippen molar-refractivity contribution in [2.45, 2.75) is 12.3 Å². The molecule has 0 fully saturated rings. The summed E-state index contributed by atoms with van der Waals surface area (Å²) in [6.45, 7) is 0. The Morgan fingerprint density at radius 3 is 1.39 bits per heavy atom. The number of hydrogen-bond acceptors (Lipinski definition) is 7. The van der Waals surface area contributed by atoms with Crippen molar-refractivity contribution in [1.82, 2.24) is 0 Å². The number of nitrogens with two attached hydrogens (primary N) is 2. The summed E-state index contributed by atoms with van der Waals surface area (Å²) >= 11 is 0. The molecule has 0 aliphatic carbocycles. The molecule has 0 radical (unpaired) electrons. The fourth-order valence-corrected chi connectivity index (χ4v) is 1.86. The number of benzene rings is 2. The van der Waals surface area contributed by atoms with E-state index in [1.54, 1.807) is 48.5 Å². The summed E-state index contributed by atoms with van der Waals surface area (Å²) in [7, 11) is 0. The summed E-state index contributed by atoms with van der Waals surface area (Å²) in [5.74, 6) is 1.19. The van der Waals surface area contributed by atoms with Crippen molar-refractivity contribution in [3.8, 4) is 11.5 Å². The number of aliphatic imine (C=N–C) groups is 2. The van der Waals surface area contributed by atoms with Gasteiger partial charge in [0.05, 0.1) is 0 Å². The van der Waals surface area contributed by atoms with Crippen LogP contribution in [0, 0.1) is 0 Å². The van der Waals surface area contributed by atoms with Gasteiger partial charge in [-0.15, -0.1) is 0 Å². The van der Waals surface area contributed by atoms with Gasteiger partial charge in [0, 0.05) is 0 Å². The van der Waals surface area contributed by atoms with Gasteiger partial charge in [-0.05, 0) is 35.4 Å². The molecule has 2 unspecified atom stereocenters. The van der Waals surface area contributed by atoms with Crippen LogP contribution < -0.4 is 16.2 Å². The maximum atomic E-state index is 10.2. The molecule has 0 heterocycles. The van der Waals surface area contributed by atoms with Crippen molar-refractivity contribution in [2.75, 3.05) is 0 Å². The Morgan fingerprint density at radius 1 is 0.739 bits per heavy atom. The first-order valence-electron chi connectivity index (χ1n) is 6.67. The predicted octanol–water partition coefficient (Wildman–Crippen LogP) is 2.07. The molecule has 7 heteroatoms. The lowest BCUT2D eigenvalue weighted by atomic mass is 10.1. The smallest absolute Gasteiger partial charge is 0.236 e. The molecule has 116 valence electrons. The van der Waals surface area contributed by atoms with Gasteiger partial charge in [0.2, 0.25) is 12.2 Å². The molecule has 2 atom stereocenters. The van der Waals surface area contributed by atoms with Crippen LogP contribution in [0.25, 0.3) is 0 Å². The molecule has 0 aliphatic heterocycles. The van der Waals surface area contributed by atoms with Crippen LogP contribution in [0.1, 0.15) is 23.5 Å². The Labute approximate surface area is 132 Å². The van der Waals surface area contributed by atoms with E-state index in [2.05, 4.69) is 9.98 Å². The van der Waals surface area contributed by atoms with Gasteiger partial charge in [-0.25, -0.2) is 9.59 Å². The molecule has 0 amide bonds. The number of isocyanates is 2. The highest BCUT2D eigenvalue weighted by atomic mass is 16.5. The number of hydrogen-bond donors (Lipinski definition) is 2. The first kappa shape index (κ1) is 16.3. The van der Waals surface area contributed by atoms with Gasteiger partial charge >= 0.3 is 0 Å². The third kappa shape index (κ3) is 4.44. The van der Waals surface area contributed by atoms with Gasteiger partial charge in [0.15, 0.2) is 0 Å². The van der Waals surface area contributed by atoms with E-state index < -0.39 is 12.3 Å². The number of nitrogens with zero attached hydrogens (tertiary/aromatic N) is 2. The number of rotatable bonds is 6. The molecular weight excluding hydrogens is 296 g/mol. The third-order valence-corrected chi connectivity index (χ3v) is 3.06. The molecule has 0 aliphatic rings. The normalized spacial score (nSPS) is 12.4. The van der Waals surface area contributed by atoms with Crippen molar-refractivity contribution in [2.24, 2.45) is 21.5 Å². The summed E-state index contributed by atoms with van der Waals surface area (Å²) in [6.07, 6.45) is 1.37. The topological polar surface area (TPSA) is 120 Å².